The fraction of sp³-hybridized carbons (Fsp3) is 0.774. The molecule has 0 saturated heterocycles. The van der Waals surface area contributed by atoms with Crippen LogP contribution < -0.4 is 10.6 Å². The van der Waals surface area contributed by atoms with Crippen molar-refractivity contribution in [3.63, 3.8) is 0 Å². The minimum atomic E-state index is -1.68. The third-order valence-electron chi connectivity index (χ3n) is 10.6. The standard InChI is InChI=1S/C31H50N2O3Si/c1-30(2,3)37(4,5)36-27-13-11-26(12-14-27)33-28-24-15-23-16-25(28)19-31(17-23,18-24)21-32-29(34)35-20-22-9-7-6-8-10-22/h6-10,23-28,33H,11-21H2,1-5H3,(H,32,34)/t23?,24-,25?,26?,27?,28?,31?/m0/s1. The number of carbonyl (C=O) groups is 1. The number of hydrogen-bond acceptors (Lipinski definition) is 4. The molecule has 1 aromatic rings. The van der Waals surface area contributed by atoms with E-state index in [0.29, 0.717) is 24.8 Å². The Morgan fingerprint density at radius 2 is 1.65 bits per heavy atom. The van der Waals surface area contributed by atoms with Crippen LogP contribution in [0.3, 0.4) is 0 Å². The zero-order valence-electron chi connectivity index (χ0n) is 23.9. The van der Waals surface area contributed by atoms with Gasteiger partial charge in [-0.25, -0.2) is 4.79 Å². The van der Waals surface area contributed by atoms with Gasteiger partial charge in [0, 0.05) is 24.7 Å². The highest BCUT2D eigenvalue weighted by Gasteiger charge is 2.55. The number of hydrogen-bond donors (Lipinski definition) is 2. The van der Waals surface area contributed by atoms with E-state index in [4.69, 9.17) is 9.16 Å². The third-order valence-corrected chi connectivity index (χ3v) is 15.1. The van der Waals surface area contributed by atoms with E-state index in [2.05, 4.69) is 44.5 Å². The van der Waals surface area contributed by atoms with Gasteiger partial charge in [0.1, 0.15) is 6.61 Å². The molecule has 0 spiro atoms. The van der Waals surface area contributed by atoms with Gasteiger partial charge in [0.25, 0.3) is 0 Å². The largest absolute Gasteiger partial charge is 0.445 e. The van der Waals surface area contributed by atoms with Crippen molar-refractivity contribution in [2.75, 3.05) is 6.54 Å². The number of amides is 1. The molecule has 0 aliphatic heterocycles. The Morgan fingerprint density at radius 3 is 2.27 bits per heavy atom. The summed E-state index contributed by atoms with van der Waals surface area (Å²) in [6, 6.07) is 11.2. The number of rotatable bonds is 8. The Bertz CT molecular complexity index is 906. The predicted octanol–water partition coefficient (Wildman–Crippen LogP) is 7.03. The minimum Gasteiger partial charge on any atom is -0.445 e. The molecule has 5 atom stereocenters. The molecule has 37 heavy (non-hydrogen) atoms. The maximum atomic E-state index is 12.5. The lowest BCUT2D eigenvalue weighted by Crippen LogP contribution is -2.62. The molecule has 4 bridgehead atoms. The second-order valence-corrected chi connectivity index (χ2v) is 19.2. The van der Waals surface area contributed by atoms with Gasteiger partial charge in [0.2, 0.25) is 0 Å². The molecule has 1 aromatic carbocycles. The molecule has 0 aromatic heterocycles. The Hall–Kier alpha value is -1.37. The summed E-state index contributed by atoms with van der Waals surface area (Å²) >= 11 is 0. The Balaban J connectivity index is 1.09. The summed E-state index contributed by atoms with van der Waals surface area (Å²) in [4.78, 5) is 12.5. The summed E-state index contributed by atoms with van der Waals surface area (Å²) in [6.45, 7) is 12.9. The number of carbonyl (C=O) groups excluding carboxylic acids is 1. The molecule has 2 N–H and O–H groups in total. The minimum absolute atomic E-state index is 0.272. The second kappa shape index (κ2) is 10.7. The summed E-state index contributed by atoms with van der Waals surface area (Å²) in [5, 5.41) is 7.61. The zero-order chi connectivity index (χ0) is 26.3. The molecule has 6 heteroatoms. The fourth-order valence-corrected chi connectivity index (χ4v) is 9.35. The third kappa shape index (κ3) is 6.28. The number of benzene rings is 1. The van der Waals surface area contributed by atoms with Crippen LogP contribution in [0.5, 0.6) is 0 Å². The lowest BCUT2D eigenvalue weighted by atomic mass is 9.48. The van der Waals surface area contributed by atoms with Crippen LogP contribution in [0.15, 0.2) is 30.3 Å². The highest BCUT2D eigenvalue weighted by atomic mass is 28.4. The molecular formula is C31H50N2O3Si. The monoisotopic (exact) mass is 526 g/mol. The number of nitrogens with one attached hydrogen (secondary N) is 2. The highest BCUT2D eigenvalue weighted by Crippen LogP contribution is 2.60. The average molecular weight is 527 g/mol. The summed E-state index contributed by atoms with van der Waals surface area (Å²) in [5.41, 5.74) is 1.30. The van der Waals surface area contributed by atoms with Crippen LogP contribution in [0.25, 0.3) is 0 Å². The normalized spacial score (nSPS) is 35.4. The van der Waals surface area contributed by atoms with E-state index in [1.54, 1.807) is 0 Å². The summed E-state index contributed by atoms with van der Waals surface area (Å²) < 4.78 is 12.2. The van der Waals surface area contributed by atoms with E-state index in [9.17, 15) is 4.79 Å². The van der Waals surface area contributed by atoms with Gasteiger partial charge >= 0.3 is 6.09 Å². The maximum absolute atomic E-state index is 12.5. The van der Waals surface area contributed by atoms with Gasteiger partial charge in [-0.1, -0.05) is 51.1 Å². The first-order chi connectivity index (χ1) is 17.5. The maximum Gasteiger partial charge on any atom is 0.407 e. The molecule has 5 aliphatic rings. The molecule has 0 radical (unpaired) electrons. The Kier molecular flexibility index (Phi) is 7.83. The predicted molar refractivity (Wildman–Crippen MR) is 152 cm³/mol. The molecular weight excluding hydrogens is 476 g/mol. The average Bonchev–Trinajstić information content (AvgIpc) is 2.84. The van der Waals surface area contributed by atoms with Crippen LogP contribution in [0.4, 0.5) is 4.79 Å². The van der Waals surface area contributed by atoms with Crippen molar-refractivity contribution in [2.45, 2.75) is 121 Å². The SMILES string of the molecule is CC(C)(C)[Si](C)(C)OC1CCC(NC2C3CC4C[C@H]2CC(CNC(=O)OCc2ccccc2)(C4)C3)CC1. The van der Waals surface area contributed by atoms with Crippen molar-refractivity contribution in [3.05, 3.63) is 35.9 Å². The van der Waals surface area contributed by atoms with E-state index in [-0.39, 0.29) is 16.5 Å². The van der Waals surface area contributed by atoms with Crippen molar-refractivity contribution in [3.8, 4) is 0 Å². The van der Waals surface area contributed by atoms with Crippen molar-refractivity contribution in [1.82, 2.24) is 10.6 Å². The van der Waals surface area contributed by atoms with Crippen LogP contribution in [-0.4, -0.2) is 39.1 Å². The summed E-state index contributed by atoms with van der Waals surface area (Å²) in [7, 11) is -1.68. The molecule has 1 amide bonds. The van der Waals surface area contributed by atoms with Gasteiger partial charge in [-0.15, -0.1) is 0 Å². The van der Waals surface area contributed by atoms with E-state index >= 15 is 0 Å². The van der Waals surface area contributed by atoms with E-state index in [1.807, 2.05) is 30.3 Å². The second-order valence-electron chi connectivity index (χ2n) is 14.4. The quantitative estimate of drug-likeness (QED) is 0.357. The van der Waals surface area contributed by atoms with E-state index in [0.717, 1.165) is 29.9 Å². The topological polar surface area (TPSA) is 59.6 Å². The van der Waals surface area contributed by atoms with Crippen molar-refractivity contribution >= 4 is 14.4 Å². The van der Waals surface area contributed by atoms with Crippen molar-refractivity contribution in [2.24, 2.45) is 23.2 Å². The van der Waals surface area contributed by atoms with Crippen molar-refractivity contribution < 1.29 is 14.0 Å². The lowest BCUT2D eigenvalue weighted by molar-refractivity contribution is -0.0786. The highest BCUT2D eigenvalue weighted by molar-refractivity contribution is 6.74. The molecule has 6 rings (SSSR count). The molecule has 5 saturated carbocycles. The van der Waals surface area contributed by atoms with Crippen LogP contribution in [-0.2, 0) is 15.8 Å². The zero-order valence-corrected chi connectivity index (χ0v) is 24.9. The smallest absolute Gasteiger partial charge is 0.407 e. The van der Waals surface area contributed by atoms with Gasteiger partial charge in [-0.3, -0.25) is 0 Å². The van der Waals surface area contributed by atoms with Crippen molar-refractivity contribution in [1.29, 1.82) is 0 Å². The summed E-state index contributed by atoms with van der Waals surface area (Å²) in [5.74, 6) is 2.36. The molecule has 5 fully saturated rings. The van der Waals surface area contributed by atoms with Crippen LogP contribution in [0.1, 0.15) is 84.1 Å². The molecule has 5 nitrogen and oxygen atoms in total. The first-order valence-electron chi connectivity index (χ1n) is 14.9. The van der Waals surface area contributed by atoms with Gasteiger partial charge in [0.15, 0.2) is 8.32 Å². The Morgan fingerprint density at radius 1 is 1.00 bits per heavy atom. The van der Waals surface area contributed by atoms with Gasteiger partial charge < -0.3 is 19.8 Å². The molecule has 4 unspecified atom stereocenters. The molecule has 206 valence electrons. The summed E-state index contributed by atoms with van der Waals surface area (Å²) in [6.07, 6.45) is 11.6. The molecule has 5 aliphatic carbocycles. The van der Waals surface area contributed by atoms with Crippen LogP contribution in [0, 0.1) is 23.2 Å². The first kappa shape index (κ1) is 27.2. The molecule has 0 heterocycles. The van der Waals surface area contributed by atoms with Gasteiger partial charge in [-0.2, -0.15) is 0 Å². The number of ether oxygens (including phenoxy) is 1. The first-order valence-corrected chi connectivity index (χ1v) is 17.8. The Labute approximate surface area is 226 Å². The van der Waals surface area contributed by atoms with E-state index < -0.39 is 8.32 Å². The van der Waals surface area contributed by atoms with Gasteiger partial charge in [-0.05, 0) is 105 Å². The lowest BCUT2D eigenvalue weighted by Gasteiger charge is -2.61. The fourth-order valence-electron chi connectivity index (χ4n) is 7.93. The van der Waals surface area contributed by atoms with E-state index in [1.165, 1.54) is 57.8 Å². The van der Waals surface area contributed by atoms with Crippen LogP contribution in [0.2, 0.25) is 18.1 Å². The number of alkyl carbamates (subject to hydrolysis) is 1. The van der Waals surface area contributed by atoms with Crippen LogP contribution >= 0.6 is 0 Å². The van der Waals surface area contributed by atoms with Gasteiger partial charge in [0.05, 0.1) is 0 Å².